The molecular weight excluding hydrogens is 234 g/mol. The molecule has 0 amide bonds. The van der Waals surface area contributed by atoms with Gasteiger partial charge in [-0.05, 0) is 26.8 Å². The maximum absolute atomic E-state index is 11.8. The smallest absolute Gasteiger partial charge is 0.144 e. The third-order valence-electron chi connectivity index (χ3n) is 2.59. The molecule has 1 aliphatic rings. The molecule has 0 N–H and O–H groups in total. The SMILES string of the molecule is CC(C)(C)[S+]([O-])N=Cc1cccc2c1CCO2. The van der Waals surface area contributed by atoms with Crippen LogP contribution >= 0.6 is 0 Å². The van der Waals surface area contributed by atoms with Crippen LogP contribution in [0.2, 0.25) is 0 Å². The van der Waals surface area contributed by atoms with Gasteiger partial charge in [-0.2, -0.15) is 0 Å². The molecule has 1 aromatic carbocycles. The molecule has 0 aromatic heterocycles. The van der Waals surface area contributed by atoms with Gasteiger partial charge in [-0.3, -0.25) is 0 Å². The van der Waals surface area contributed by atoms with Crippen molar-refractivity contribution >= 4 is 17.6 Å². The molecule has 1 atom stereocenters. The number of hydrogen-bond acceptors (Lipinski definition) is 3. The van der Waals surface area contributed by atoms with Gasteiger partial charge in [0.1, 0.15) is 21.9 Å². The van der Waals surface area contributed by atoms with Crippen LogP contribution < -0.4 is 4.74 Å². The molecule has 3 nitrogen and oxygen atoms in total. The van der Waals surface area contributed by atoms with Gasteiger partial charge in [0.2, 0.25) is 0 Å². The van der Waals surface area contributed by atoms with E-state index >= 15 is 0 Å². The monoisotopic (exact) mass is 251 g/mol. The highest BCUT2D eigenvalue weighted by Crippen LogP contribution is 2.27. The lowest BCUT2D eigenvalue weighted by Crippen LogP contribution is -2.25. The molecule has 1 heterocycles. The summed E-state index contributed by atoms with van der Waals surface area (Å²) < 4.78 is 21.1. The predicted molar refractivity (Wildman–Crippen MR) is 71.1 cm³/mol. The fourth-order valence-corrected chi connectivity index (χ4v) is 2.16. The van der Waals surface area contributed by atoms with Crippen LogP contribution in [0.1, 0.15) is 31.9 Å². The summed E-state index contributed by atoms with van der Waals surface area (Å²) in [5.41, 5.74) is 2.18. The van der Waals surface area contributed by atoms with E-state index in [0.29, 0.717) is 0 Å². The number of hydrogen-bond donors (Lipinski definition) is 0. The third-order valence-corrected chi connectivity index (χ3v) is 3.93. The molecule has 2 rings (SSSR count). The minimum atomic E-state index is -1.21. The number of ether oxygens (including phenoxy) is 1. The van der Waals surface area contributed by atoms with Gasteiger partial charge in [0.05, 0.1) is 12.8 Å². The molecule has 0 saturated carbocycles. The van der Waals surface area contributed by atoms with E-state index in [2.05, 4.69) is 4.40 Å². The summed E-state index contributed by atoms with van der Waals surface area (Å²) in [7, 11) is 0. The Balaban J connectivity index is 2.20. The molecular formula is C13H17NO2S. The zero-order valence-corrected chi connectivity index (χ0v) is 11.2. The standard InChI is InChI=1S/C13H17NO2S/c1-13(2,3)17(15)14-9-10-5-4-6-12-11(10)7-8-16-12/h4-6,9H,7-8H2,1-3H3. The Labute approximate surface area is 105 Å². The van der Waals surface area contributed by atoms with Crippen molar-refractivity contribution in [3.05, 3.63) is 29.3 Å². The normalized spacial score (nSPS) is 16.9. The third kappa shape index (κ3) is 2.82. The van der Waals surface area contributed by atoms with Gasteiger partial charge < -0.3 is 9.29 Å². The second kappa shape index (κ2) is 4.70. The lowest BCUT2D eigenvalue weighted by Gasteiger charge is -2.17. The summed E-state index contributed by atoms with van der Waals surface area (Å²) in [6.07, 6.45) is 2.61. The van der Waals surface area contributed by atoms with Crippen LogP contribution in [0, 0.1) is 0 Å². The van der Waals surface area contributed by atoms with E-state index in [-0.39, 0.29) is 4.75 Å². The van der Waals surface area contributed by atoms with Crippen LogP contribution in [0.5, 0.6) is 5.75 Å². The quantitative estimate of drug-likeness (QED) is 0.599. The molecule has 0 radical (unpaired) electrons. The Hall–Kier alpha value is -1.00. The van der Waals surface area contributed by atoms with E-state index in [1.807, 2.05) is 39.0 Å². The second-order valence-electron chi connectivity index (χ2n) is 5.02. The van der Waals surface area contributed by atoms with E-state index in [1.165, 1.54) is 5.56 Å². The fourth-order valence-electron chi connectivity index (χ4n) is 1.63. The fraction of sp³-hybridized carbons (Fsp3) is 0.462. The zero-order chi connectivity index (χ0) is 12.5. The van der Waals surface area contributed by atoms with E-state index in [4.69, 9.17) is 4.74 Å². The van der Waals surface area contributed by atoms with Crippen LogP contribution in [0.4, 0.5) is 0 Å². The molecule has 1 aliphatic heterocycles. The molecule has 0 aliphatic carbocycles. The highest BCUT2D eigenvalue weighted by Gasteiger charge is 2.26. The predicted octanol–water partition coefficient (Wildman–Crippen LogP) is 2.50. The van der Waals surface area contributed by atoms with Gasteiger partial charge in [0.25, 0.3) is 0 Å². The van der Waals surface area contributed by atoms with Crippen molar-refractivity contribution < 1.29 is 9.29 Å². The molecule has 4 heteroatoms. The van der Waals surface area contributed by atoms with E-state index in [1.54, 1.807) is 6.21 Å². The molecule has 92 valence electrons. The highest BCUT2D eigenvalue weighted by atomic mass is 32.2. The minimum absolute atomic E-state index is 0.315. The van der Waals surface area contributed by atoms with Crippen LogP contribution in [0.25, 0.3) is 0 Å². The Bertz CT molecular complexity index is 438. The Kier molecular flexibility index (Phi) is 3.45. The van der Waals surface area contributed by atoms with Crippen LogP contribution in [-0.4, -0.2) is 22.1 Å². The number of fused-ring (bicyclic) bond motifs is 1. The average Bonchev–Trinajstić information content (AvgIpc) is 2.72. The van der Waals surface area contributed by atoms with Crippen molar-refractivity contribution in [2.45, 2.75) is 31.9 Å². The van der Waals surface area contributed by atoms with Crippen molar-refractivity contribution in [3.8, 4) is 5.75 Å². The van der Waals surface area contributed by atoms with Crippen LogP contribution in [-0.2, 0) is 17.8 Å². The van der Waals surface area contributed by atoms with Crippen molar-refractivity contribution in [3.63, 3.8) is 0 Å². The summed E-state index contributed by atoms with van der Waals surface area (Å²) in [5.74, 6) is 0.926. The summed E-state index contributed by atoms with van der Waals surface area (Å²) in [6, 6.07) is 5.88. The Morgan fingerprint density at radius 3 is 2.88 bits per heavy atom. The first-order valence-electron chi connectivity index (χ1n) is 5.69. The van der Waals surface area contributed by atoms with Crippen LogP contribution in [0.3, 0.4) is 0 Å². The Morgan fingerprint density at radius 1 is 1.41 bits per heavy atom. The van der Waals surface area contributed by atoms with Crippen LogP contribution in [0.15, 0.2) is 22.6 Å². The Morgan fingerprint density at radius 2 is 2.18 bits per heavy atom. The van der Waals surface area contributed by atoms with Gasteiger partial charge >= 0.3 is 0 Å². The van der Waals surface area contributed by atoms with Gasteiger partial charge in [-0.1, -0.05) is 16.5 Å². The largest absolute Gasteiger partial charge is 0.591 e. The molecule has 1 unspecified atom stereocenters. The summed E-state index contributed by atoms with van der Waals surface area (Å²) in [5, 5.41) is 0. The first-order valence-corrected chi connectivity index (χ1v) is 6.80. The summed E-state index contributed by atoms with van der Waals surface area (Å²) in [4.78, 5) is 0. The average molecular weight is 251 g/mol. The van der Waals surface area contributed by atoms with E-state index < -0.39 is 11.4 Å². The second-order valence-corrected chi connectivity index (χ2v) is 6.95. The summed E-state index contributed by atoms with van der Waals surface area (Å²) >= 11 is -1.21. The van der Waals surface area contributed by atoms with Gasteiger partial charge in [0, 0.05) is 17.5 Å². The first kappa shape index (κ1) is 12.5. The first-order chi connectivity index (χ1) is 7.98. The van der Waals surface area contributed by atoms with Crippen molar-refractivity contribution in [2.75, 3.05) is 6.61 Å². The number of nitrogens with zero attached hydrogens (tertiary/aromatic N) is 1. The highest BCUT2D eigenvalue weighted by molar-refractivity contribution is 7.91. The molecule has 0 spiro atoms. The van der Waals surface area contributed by atoms with Gasteiger partial charge in [0.15, 0.2) is 0 Å². The number of benzene rings is 1. The molecule has 0 fully saturated rings. The van der Waals surface area contributed by atoms with Gasteiger partial charge in [-0.25, -0.2) is 0 Å². The topological polar surface area (TPSA) is 44.7 Å². The van der Waals surface area contributed by atoms with E-state index in [9.17, 15) is 4.55 Å². The van der Waals surface area contributed by atoms with Gasteiger partial charge in [-0.15, -0.1) is 0 Å². The van der Waals surface area contributed by atoms with Crippen molar-refractivity contribution in [1.82, 2.24) is 0 Å². The summed E-state index contributed by atoms with van der Waals surface area (Å²) in [6.45, 7) is 6.47. The van der Waals surface area contributed by atoms with Crippen molar-refractivity contribution in [1.29, 1.82) is 0 Å². The lowest BCUT2D eigenvalue weighted by molar-refractivity contribution is 0.357. The van der Waals surface area contributed by atoms with E-state index in [0.717, 1.165) is 24.3 Å². The lowest BCUT2D eigenvalue weighted by atomic mass is 10.1. The molecule has 0 bridgehead atoms. The zero-order valence-electron chi connectivity index (χ0n) is 10.4. The molecule has 0 saturated heterocycles. The maximum atomic E-state index is 11.8. The van der Waals surface area contributed by atoms with Crippen molar-refractivity contribution in [2.24, 2.45) is 4.40 Å². The molecule has 17 heavy (non-hydrogen) atoms. The minimum Gasteiger partial charge on any atom is -0.591 e. The number of rotatable bonds is 2. The maximum Gasteiger partial charge on any atom is 0.144 e. The molecule has 1 aromatic rings.